The lowest BCUT2D eigenvalue weighted by Gasteiger charge is -2.20. The smallest absolute Gasteiger partial charge is 0.265 e. The van der Waals surface area contributed by atoms with Gasteiger partial charge in [0.25, 0.3) is 5.91 Å². The molecule has 2 aromatic rings. The Morgan fingerprint density at radius 2 is 1.46 bits per heavy atom. The van der Waals surface area contributed by atoms with Crippen molar-refractivity contribution in [3.8, 4) is 5.75 Å². The van der Waals surface area contributed by atoms with E-state index in [1.807, 2.05) is 39.8 Å². The molecule has 0 heterocycles. The van der Waals surface area contributed by atoms with Gasteiger partial charge in [-0.25, -0.2) is 0 Å². The van der Waals surface area contributed by atoms with Crippen LogP contribution < -0.4 is 10.1 Å². The van der Waals surface area contributed by atoms with Crippen LogP contribution in [0.4, 0.5) is 5.69 Å². The van der Waals surface area contributed by atoms with Gasteiger partial charge in [-0.1, -0.05) is 33.6 Å². The Morgan fingerprint density at radius 3 is 1.96 bits per heavy atom. The SMILES string of the molecule is Cc1cc(C)c(NC(=O)C(C)Oc2c(C)cc(Br)cc2C)c(C)c1. The lowest BCUT2D eigenvalue weighted by Crippen LogP contribution is -2.31. The van der Waals surface area contributed by atoms with Crippen molar-refractivity contribution in [1.29, 1.82) is 0 Å². The highest BCUT2D eigenvalue weighted by Gasteiger charge is 2.19. The predicted molar refractivity (Wildman–Crippen MR) is 103 cm³/mol. The standard InChI is InChI=1S/C20H24BrNO2/c1-11-7-12(2)18(13(3)8-11)22-20(23)16(6)24-19-14(4)9-17(21)10-15(19)5/h7-10,16H,1-6H3,(H,22,23). The van der Waals surface area contributed by atoms with Crippen molar-refractivity contribution in [2.24, 2.45) is 0 Å². The summed E-state index contributed by atoms with van der Waals surface area (Å²) in [5.41, 5.74) is 6.18. The maximum Gasteiger partial charge on any atom is 0.265 e. The number of benzene rings is 2. The van der Waals surface area contributed by atoms with Gasteiger partial charge in [0.15, 0.2) is 6.10 Å². The van der Waals surface area contributed by atoms with Crippen LogP contribution >= 0.6 is 15.9 Å². The number of anilines is 1. The van der Waals surface area contributed by atoms with Crippen LogP contribution in [0.2, 0.25) is 0 Å². The van der Waals surface area contributed by atoms with Crippen LogP contribution in [0, 0.1) is 34.6 Å². The van der Waals surface area contributed by atoms with Crippen molar-refractivity contribution < 1.29 is 9.53 Å². The summed E-state index contributed by atoms with van der Waals surface area (Å²) in [6.45, 7) is 11.8. The van der Waals surface area contributed by atoms with Gasteiger partial charge in [0.2, 0.25) is 0 Å². The van der Waals surface area contributed by atoms with Gasteiger partial charge in [0.1, 0.15) is 5.75 Å². The normalized spacial score (nSPS) is 12.0. The first-order chi connectivity index (χ1) is 11.2. The molecule has 1 atom stereocenters. The van der Waals surface area contributed by atoms with E-state index in [2.05, 4.69) is 40.3 Å². The molecule has 0 saturated carbocycles. The fourth-order valence-electron chi connectivity index (χ4n) is 2.92. The number of nitrogens with one attached hydrogen (secondary N) is 1. The fourth-order valence-corrected chi connectivity index (χ4v) is 3.60. The molecule has 0 aromatic heterocycles. The van der Waals surface area contributed by atoms with Gasteiger partial charge in [-0.15, -0.1) is 0 Å². The fraction of sp³-hybridized carbons (Fsp3) is 0.350. The highest BCUT2D eigenvalue weighted by Crippen LogP contribution is 2.28. The third-order valence-corrected chi connectivity index (χ3v) is 4.47. The van der Waals surface area contributed by atoms with Crippen molar-refractivity contribution in [2.45, 2.75) is 47.6 Å². The number of hydrogen-bond acceptors (Lipinski definition) is 2. The topological polar surface area (TPSA) is 38.3 Å². The van der Waals surface area contributed by atoms with Crippen LogP contribution in [0.15, 0.2) is 28.7 Å². The van der Waals surface area contributed by atoms with Gasteiger partial charge >= 0.3 is 0 Å². The lowest BCUT2D eigenvalue weighted by atomic mass is 10.0. The average molecular weight is 390 g/mol. The minimum atomic E-state index is -0.580. The molecule has 0 aliphatic heterocycles. The quantitative estimate of drug-likeness (QED) is 0.760. The van der Waals surface area contributed by atoms with E-state index >= 15 is 0 Å². The minimum Gasteiger partial charge on any atom is -0.480 e. The Kier molecular flexibility index (Phi) is 5.70. The molecule has 1 amide bonds. The number of carbonyl (C=O) groups excluding carboxylic acids is 1. The summed E-state index contributed by atoms with van der Waals surface area (Å²) >= 11 is 3.47. The number of hydrogen-bond donors (Lipinski definition) is 1. The Hall–Kier alpha value is -1.81. The molecule has 2 aromatic carbocycles. The molecule has 128 valence electrons. The Morgan fingerprint density at radius 1 is 0.958 bits per heavy atom. The third-order valence-electron chi connectivity index (χ3n) is 4.01. The molecule has 0 bridgehead atoms. The van der Waals surface area contributed by atoms with Crippen molar-refractivity contribution >= 4 is 27.5 Å². The first-order valence-electron chi connectivity index (χ1n) is 8.01. The van der Waals surface area contributed by atoms with E-state index in [0.717, 1.165) is 38.2 Å². The van der Waals surface area contributed by atoms with Crippen LogP contribution in [0.25, 0.3) is 0 Å². The van der Waals surface area contributed by atoms with Crippen molar-refractivity contribution in [3.05, 3.63) is 56.6 Å². The first-order valence-corrected chi connectivity index (χ1v) is 8.80. The molecule has 1 N–H and O–H groups in total. The Balaban J connectivity index is 2.17. The van der Waals surface area contributed by atoms with Gasteiger partial charge in [0.05, 0.1) is 0 Å². The van der Waals surface area contributed by atoms with Crippen molar-refractivity contribution in [2.75, 3.05) is 5.32 Å². The summed E-state index contributed by atoms with van der Waals surface area (Å²) in [7, 11) is 0. The molecule has 4 heteroatoms. The number of amides is 1. The van der Waals surface area contributed by atoms with Crippen molar-refractivity contribution in [1.82, 2.24) is 0 Å². The predicted octanol–water partition coefficient (Wildman–Crippen LogP) is 5.40. The van der Waals surface area contributed by atoms with Crippen LogP contribution in [-0.4, -0.2) is 12.0 Å². The maximum atomic E-state index is 12.6. The molecular formula is C20H24BrNO2. The van der Waals surface area contributed by atoms with Crippen LogP contribution in [0.1, 0.15) is 34.7 Å². The summed E-state index contributed by atoms with van der Waals surface area (Å²) < 4.78 is 6.94. The summed E-state index contributed by atoms with van der Waals surface area (Å²) in [4.78, 5) is 12.6. The zero-order chi connectivity index (χ0) is 18.0. The monoisotopic (exact) mass is 389 g/mol. The molecule has 2 rings (SSSR count). The second kappa shape index (κ2) is 7.39. The second-order valence-electron chi connectivity index (χ2n) is 6.39. The molecule has 0 spiro atoms. The Bertz CT molecular complexity index is 737. The van der Waals surface area contributed by atoms with Crippen LogP contribution in [0.5, 0.6) is 5.75 Å². The number of halogens is 1. The molecule has 3 nitrogen and oxygen atoms in total. The van der Waals surface area contributed by atoms with Crippen LogP contribution in [-0.2, 0) is 4.79 Å². The van der Waals surface area contributed by atoms with Crippen LogP contribution in [0.3, 0.4) is 0 Å². The van der Waals surface area contributed by atoms with Gasteiger partial charge < -0.3 is 10.1 Å². The van der Waals surface area contributed by atoms with E-state index in [0.29, 0.717) is 0 Å². The molecular weight excluding hydrogens is 366 g/mol. The minimum absolute atomic E-state index is 0.147. The number of rotatable bonds is 4. The second-order valence-corrected chi connectivity index (χ2v) is 7.31. The highest BCUT2D eigenvalue weighted by atomic mass is 79.9. The van der Waals surface area contributed by atoms with Gasteiger partial charge in [-0.2, -0.15) is 0 Å². The first kappa shape index (κ1) is 18.5. The molecule has 0 aliphatic carbocycles. The number of ether oxygens (including phenoxy) is 1. The molecule has 0 aliphatic rings. The lowest BCUT2D eigenvalue weighted by molar-refractivity contribution is -0.122. The largest absolute Gasteiger partial charge is 0.480 e. The van der Waals surface area contributed by atoms with E-state index in [9.17, 15) is 4.79 Å². The molecule has 0 saturated heterocycles. The van der Waals surface area contributed by atoms with E-state index in [1.54, 1.807) is 6.92 Å². The summed E-state index contributed by atoms with van der Waals surface area (Å²) in [5.74, 6) is 0.616. The highest BCUT2D eigenvalue weighted by molar-refractivity contribution is 9.10. The number of carbonyl (C=O) groups is 1. The van der Waals surface area contributed by atoms with Gasteiger partial charge in [-0.3, -0.25) is 4.79 Å². The zero-order valence-electron chi connectivity index (χ0n) is 15.1. The van der Waals surface area contributed by atoms with Gasteiger partial charge in [-0.05, 0) is 75.9 Å². The summed E-state index contributed by atoms with van der Waals surface area (Å²) in [6, 6.07) is 8.11. The maximum absolute atomic E-state index is 12.6. The van der Waals surface area contributed by atoms with Crippen molar-refractivity contribution in [3.63, 3.8) is 0 Å². The van der Waals surface area contributed by atoms with E-state index < -0.39 is 6.10 Å². The molecule has 0 radical (unpaired) electrons. The molecule has 0 fully saturated rings. The van der Waals surface area contributed by atoms with E-state index in [4.69, 9.17) is 4.74 Å². The third kappa shape index (κ3) is 4.18. The Labute approximate surface area is 152 Å². The summed E-state index contributed by atoms with van der Waals surface area (Å²) in [6.07, 6.45) is -0.580. The van der Waals surface area contributed by atoms with E-state index in [-0.39, 0.29) is 5.91 Å². The summed E-state index contributed by atoms with van der Waals surface area (Å²) in [5, 5.41) is 3.00. The van der Waals surface area contributed by atoms with E-state index in [1.165, 1.54) is 5.56 Å². The molecule has 1 unspecified atom stereocenters. The average Bonchev–Trinajstić information content (AvgIpc) is 2.46. The molecule has 24 heavy (non-hydrogen) atoms. The zero-order valence-corrected chi connectivity index (χ0v) is 16.7. The number of aryl methyl sites for hydroxylation is 5. The van der Waals surface area contributed by atoms with Gasteiger partial charge in [0, 0.05) is 10.2 Å².